The minimum Gasteiger partial charge on any atom is -0.301 e. The van der Waals surface area contributed by atoms with Gasteiger partial charge in [-0.25, -0.2) is 0 Å². The number of rotatable bonds is 2. The van der Waals surface area contributed by atoms with Gasteiger partial charge in [-0.05, 0) is 60.7 Å². The molecular weight excluding hydrogens is 222 g/mol. The first-order chi connectivity index (χ1) is 8.49. The third-order valence-corrected chi connectivity index (χ3v) is 5.13. The van der Waals surface area contributed by atoms with Gasteiger partial charge in [-0.2, -0.15) is 0 Å². The molecule has 0 amide bonds. The van der Waals surface area contributed by atoms with Crippen LogP contribution in [0.1, 0.15) is 40.5 Å². The van der Waals surface area contributed by atoms with E-state index < -0.39 is 0 Å². The fourth-order valence-corrected chi connectivity index (χ4v) is 3.51. The van der Waals surface area contributed by atoms with Crippen LogP contribution in [0.3, 0.4) is 0 Å². The van der Waals surface area contributed by atoms with Crippen molar-refractivity contribution in [2.45, 2.75) is 64.7 Å². The predicted octanol–water partition coefficient (Wildman–Crippen LogP) is 1.88. The summed E-state index contributed by atoms with van der Waals surface area (Å²) in [6, 6.07) is 2.96. The van der Waals surface area contributed by atoms with Crippen LogP contribution in [-0.2, 0) is 0 Å². The summed E-state index contributed by atoms with van der Waals surface area (Å²) in [7, 11) is 2.27. The monoisotopic (exact) mass is 253 g/mol. The minimum atomic E-state index is 0.705. The molecule has 2 unspecified atom stereocenters. The van der Waals surface area contributed by atoms with Crippen molar-refractivity contribution in [3.05, 3.63) is 0 Å². The topological polar surface area (TPSA) is 9.72 Å². The van der Waals surface area contributed by atoms with Crippen molar-refractivity contribution < 1.29 is 0 Å². The molecule has 2 aliphatic rings. The smallest absolute Gasteiger partial charge is 0.0195 e. The van der Waals surface area contributed by atoms with E-state index in [0.29, 0.717) is 12.1 Å². The molecule has 0 aromatic heterocycles. The molecule has 2 heterocycles. The molecule has 0 radical (unpaired) electrons. The summed E-state index contributed by atoms with van der Waals surface area (Å²) >= 11 is 0. The molecule has 3 heteroatoms. The molecule has 0 saturated carbocycles. The highest BCUT2D eigenvalue weighted by Gasteiger charge is 2.32. The average Bonchev–Trinajstić information content (AvgIpc) is 2.35. The van der Waals surface area contributed by atoms with E-state index in [4.69, 9.17) is 0 Å². The molecule has 106 valence electrons. The summed E-state index contributed by atoms with van der Waals surface area (Å²) in [6.45, 7) is 14.5. The van der Waals surface area contributed by atoms with E-state index in [2.05, 4.69) is 49.4 Å². The fraction of sp³-hybridized carbons (Fsp3) is 1.00. The number of hydrogen-bond acceptors (Lipinski definition) is 3. The first kappa shape index (κ1) is 14.3. The first-order valence-electron chi connectivity index (χ1n) is 7.69. The van der Waals surface area contributed by atoms with Gasteiger partial charge in [0.25, 0.3) is 0 Å². The number of piperidine rings is 1. The molecule has 0 aromatic rings. The summed E-state index contributed by atoms with van der Waals surface area (Å²) in [5.41, 5.74) is 0. The van der Waals surface area contributed by atoms with Gasteiger partial charge in [0.2, 0.25) is 0 Å². The van der Waals surface area contributed by atoms with E-state index in [1.807, 2.05) is 0 Å². The zero-order valence-corrected chi connectivity index (χ0v) is 12.9. The van der Waals surface area contributed by atoms with E-state index in [1.165, 1.54) is 39.0 Å². The van der Waals surface area contributed by atoms with E-state index in [-0.39, 0.29) is 0 Å². The van der Waals surface area contributed by atoms with Crippen LogP contribution in [0, 0.1) is 0 Å². The summed E-state index contributed by atoms with van der Waals surface area (Å²) in [6.07, 6.45) is 2.72. The number of likely N-dealkylation sites (N-methyl/N-ethyl adjacent to an activating group) is 1. The zero-order valence-electron chi connectivity index (χ0n) is 12.9. The summed E-state index contributed by atoms with van der Waals surface area (Å²) in [4.78, 5) is 7.91. The quantitative estimate of drug-likeness (QED) is 0.744. The van der Waals surface area contributed by atoms with Gasteiger partial charge in [0, 0.05) is 37.3 Å². The Kier molecular flexibility index (Phi) is 4.68. The second kappa shape index (κ2) is 5.89. The Bertz CT molecular complexity index is 246. The van der Waals surface area contributed by atoms with Crippen molar-refractivity contribution in [2.24, 2.45) is 0 Å². The molecule has 0 N–H and O–H groups in total. The highest BCUT2D eigenvalue weighted by Crippen LogP contribution is 2.23. The number of hydrogen-bond donors (Lipinski definition) is 0. The fourth-order valence-electron chi connectivity index (χ4n) is 3.51. The third kappa shape index (κ3) is 3.06. The maximum Gasteiger partial charge on any atom is 0.0195 e. The van der Waals surface area contributed by atoms with Crippen molar-refractivity contribution in [1.29, 1.82) is 0 Å². The normalized spacial score (nSPS) is 34.3. The lowest BCUT2D eigenvalue weighted by atomic mass is 9.98. The molecule has 2 atom stereocenters. The molecule has 0 bridgehead atoms. The minimum absolute atomic E-state index is 0.705. The van der Waals surface area contributed by atoms with Crippen molar-refractivity contribution in [1.82, 2.24) is 14.7 Å². The standard InChI is InChI=1S/C15H31N3/c1-12(2)17-8-6-15(7-9-17)18-10-13(3)16(5)14(4)11-18/h12-15H,6-11H2,1-5H3. The Balaban J connectivity index is 1.86. The summed E-state index contributed by atoms with van der Waals surface area (Å²) in [5, 5.41) is 0. The molecule has 0 aromatic carbocycles. The van der Waals surface area contributed by atoms with Gasteiger partial charge in [-0.3, -0.25) is 9.80 Å². The molecule has 0 spiro atoms. The first-order valence-corrected chi connectivity index (χ1v) is 7.69. The van der Waals surface area contributed by atoms with Crippen molar-refractivity contribution in [3.8, 4) is 0 Å². The van der Waals surface area contributed by atoms with Gasteiger partial charge in [-0.15, -0.1) is 0 Å². The van der Waals surface area contributed by atoms with Crippen LogP contribution < -0.4 is 0 Å². The Hall–Kier alpha value is -0.120. The van der Waals surface area contributed by atoms with Gasteiger partial charge in [-0.1, -0.05) is 0 Å². The third-order valence-electron chi connectivity index (χ3n) is 5.13. The largest absolute Gasteiger partial charge is 0.301 e. The van der Waals surface area contributed by atoms with Crippen LogP contribution in [0.2, 0.25) is 0 Å². The predicted molar refractivity (Wildman–Crippen MR) is 78.0 cm³/mol. The Morgan fingerprint density at radius 3 is 1.89 bits per heavy atom. The van der Waals surface area contributed by atoms with Crippen LogP contribution >= 0.6 is 0 Å². The lowest BCUT2D eigenvalue weighted by molar-refractivity contribution is 0.00968. The van der Waals surface area contributed by atoms with E-state index in [0.717, 1.165) is 12.1 Å². The van der Waals surface area contributed by atoms with E-state index in [9.17, 15) is 0 Å². The Morgan fingerprint density at radius 1 is 0.944 bits per heavy atom. The molecular formula is C15H31N3. The summed E-state index contributed by atoms with van der Waals surface area (Å²) in [5.74, 6) is 0. The molecule has 2 fully saturated rings. The Labute approximate surface area is 113 Å². The van der Waals surface area contributed by atoms with Crippen molar-refractivity contribution in [3.63, 3.8) is 0 Å². The van der Waals surface area contributed by atoms with Gasteiger partial charge < -0.3 is 4.90 Å². The lowest BCUT2D eigenvalue weighted by Crippen LogP contribution is -2.59. The second-order valence-electron chi connectivity index (χ2n) is 6.68. The maximum absolute atomic E-state index is 2.76. The molecule has 2 rings (SSSR count). The van der Waals surface area contributed by atoms with Crippen molar-refractivity contribution >= 4 is 0 Å². The number of likely N-dealkylation sites (tertiary alicyclic amines) is 1. The van der Waals surface area contributed by atoms with Crippen LogP contribution in [-0.4, -0.2) is 72.1 Å². The van der Waals surface area contributed by atoms with Gasteiger partial charge in [0.05, 0.1) is 0 Å². The van der Waals surface area contributed by atoms with Crippen LogP contribution in [0.25, 0.3) is 0 Å². The number of nitrogens with zero attached hydrogens (tertiary/aromatic N) is 3. The molecule has 3 nitrogen and oxygen atoms in total. The Morgan fingerprint density at radius 2 is 1.44 bits per heavy atom. The van der Waals surface area contributed by atoms with Crippen molar-refractivity contribution in [2.75, 3.05) is 33.2 Å². The molecule has 18 heavy (non-hydrogen) atoms. The van der Waals surface area contributed by atoms with Gasteiger partial charge in [0.15, 0.2) is 0 Å². The van der Waals surface area contributed by atoms with E-state index in [1.54, 1.807) is 0 Å². The van der Waals surface area contributed by atoms with Gasteiger partial charge >= 0.3 is 0 Å². The summed E-state index contributed by atoms with van der Waals surface area (Å²) < 4.78 is 0. The lowest BCUT2D eigenvalue weighted by Gasteiger charge is -2.48. The van der Waals surface area contributed by atoms with Crippen LogP contribution in [0.5, 0.6) is 0 Å². The van der Waals surface area contributed by atoms with Gasteiger partial charge in [0.1, 0.15) is 0 Å². The SMILES string of the molecule is CC(C)N1CCC(N2CC(C)N(C)C(C)C2)CC1. The molecule has 0 aliphatic carbocycles. The number of piperazine rings is 1. The maximum atomic E-state index is 2.76. The van der Waals surface area contributed by atoms with Crippen LogP contribution in [0.4, 0.5) is 0 Å². The highest BCUT2D eigenvalue weighted by molar-refractivity contribution is 4.89. The zero-order chi connectivity index (χ0) is 13.3. The molecule has 2 aliphatic heterocycles. The van der Waals surface area contributed by atoms with E-state index >= 15 is 0 Å². The average molecular weight is 253 g/mol. The van der Waals surface area contributed by atoms with Crippen LogP contribution in [0.15, 0.2) is 0 Å². The highest BCUT2D eigenvalue weighted by atomic mass is 15.3. The molecule has 2 saturated heterocycles. The second-order valence-corrected chi connectivity index (χ2v) is 6.68.